The van der Waals surface area contributed by atoms with E-state index in [2.05, 4.69) is 48.6 Å². The third kappa shape index (κ3) is 5.55. The highest BCUT2D eigenvalue weighted by molar-refractivity contribution is 6.37. The van der Waals surface area contributed by atoms with Gasteiger partial charge in [0.2, 0.25) is 0 Å². The molecule has 0 saturated carbocycles. The van der Waals surface area contributed by atoms with Gasteiger partial charge in [0.15, 0.2) is 0 Å². The van der Waals surface area contributed by atoms with Gasteiger partial charge in [0.05, 0.1) is 0 Å². The second-order valence-corrected chi connectivity index (χ2v) is 16.6. The number of hydrogen-bond acceptors (Lipinski definition) is 2. The van der Waals surface area contributed by atoms with Crippen LogP contribution >= 0.6 is 0 Å². The maximum atomic E-state index is 14.1. The van der Waals surface area contributed by atoms with Gasteiger partial charge in [-0.05, 0) is 192 Å². The first-order valence-corrected chi connectivity index (χ1v) is 20.5. The normalized spacial score (nSPS) is 18.2. The molecular formula is C48H40F2O2Si. The summed E-state index contributed by atoms with van der Waals surface area (Å²) in [7, 11) is 0.679. The van der Waals surface area contributed by atoms with Crippen LogP contribution in [0.1, 0.15) is 92.2 Å². The van der Waals surface area contributed by atoms with Crippen molar-refractivity contribution in [2.75, 3.05) is 0 Å². The summed E-state index contributed by atoms with van der Waals surface area (Å²) in [5, 5.41) is 0. The Morgan fingerprint density at radius 1 is 0.566 bits per heavy atom. The van der Waals surface area contributed by atoms with Crippen LogP contribution in [0, 0.1) is 25.5 Å². The number of hydrogen-bond donors (Lipinski definition) is 0. The first kappa shape index (κ1) is 32.6. The van der Waals surface area contributed by atoms with E-state index in [4.69, 9.17) is 8.83 Å². The summed E-state index contributed by atoms with van der Waals surface area (Å²) < 4.78 is 41.0. The SMILES string of the molecule is Cc1ccc(C2=Cc3c(cc4c(c3-c3ccc(F)cc3)CCC4)C2C[Si]CC2C(c3ccc(C)o3)=Cc3c2cc2c(c3-c3ccc(F)cc3)CCC2)o1. The summed E-state index contributed by atoms with van der Waals surface area (Å²) in [6.45, 7) is 4.03. The fourth-order valence-corrected chi connectivity index (χ4v) is 11.3. The molecule has 10 rings (SSSR count). The minimum Gasteiger partial charge on any atom is -0.462 e. The molecule has 4 aromatic carbocycles. The van der Waals surface area contributed by atoms with Crippen molar-refractivity contribution in [1.29, 1.82) is 0 Å². The van der Waals surface area contributed by atoms with Crippen LogP contribution in [0.4, 0.5) is 8.78 Å². The third-order valence-corrected chi connectivity index (χ3v) is 13.5. The van der Waals surface area contributed by atoms with Gasteiger partial charge in [-0.3, -0.25) is 0 Å². The molecule has 0 fully saturated rings. The first-order valence-electron chi connectivity index (χ1n) is 19.1. The minimum absolute atomic E-state index is 0.202. The average Bonchev–Trinajstić information content (AvgIpc) is 4.02. The first-order chi connectivity index (χ1) is 25.9. The van der Waals surface area contributed by atoms with Crippen molar-refractivity contribution in [1.82, 2.24) is 0 Å². The Balaban J connectivity index is 1.04. The molecule has 0 bridgehead atoms. The summed E-state index contributed by atoms with van der Waals surface area (Å²) in [5.74, 6) is 3.69. The Labute approximate surface area is 312 Å². The molecule has 4 aliphatic carbocycles. The highest BCUT2D eigenvalue weighted by Gasteiger charge is 2.36. The number of fused-ring (bicyclic) bond motifs is 4. The van der Waals surface area contributed by atoms with Gasteiger partial charge in [-0.1, -0.05) is 36.4 Å². The molecule has 0 N–H and O–H groups in total. The van der Waals surface area contributed by atoms with Crippen molar-refractivity contribution in [2.24, 2.45) is 0 Å². The van der Waals surface area contributed by atoms with Crippen molar-refractivity contribution >= 4 is 32.8 Å². The fraction of sp³-hybridized carbons (Fsp3) is 0.250. The fourth-order valence-electron chi connectivity index (χ4n) is 9.67. The molecule has 2 nitrogen and oxygen atoms in total. The molecule has 2 atom stereocenters. The molecule has 5 heteroatoms. The Morgan fingerprint density at radius 3 is 1.40 bits per heavy atom. The topological polar surface area (TPSA) is 26.3 Å². The molecule has 0 aliphatic heterocycles. The van der Waals surface area contributed by atoms with Crippen LogP contribution in [-0.2, 0) is 25.7 Å². The maximum absolute atomic E-state index is 14.1. The van der Waals surface area contributed by atoms with Gasteiger partial charge in [-0.2, -0.15) is 0 Å². The van der Waals surface area contributed by atoms with E-state index in [0.29, 0.717) is 9.52 Å². The Hall–Kier alpha value is -5.00. The predicted octanol–water partition coefficient (Wildman–Crippen LogP) is 12.6. The van der Waals surface area contributed by atoms with E-state index in [-0.39, 0.29) is 23.5 Å². The minimum atomic E-state index is -0.208. The standard InChI is InChI=1S/C48H40F2O2Si/c1-27-9-19-45(51-27)39-23-41-37(21-31-5-3-7-35(31)47(41)29-11-15-33(49)16-12-29)43(39)25-53-26-44-38-22-32-6-4-8-36(32)48(30-13-17-34(50)18-14-30)42(38)24-40(44)46-20-10-28(2)52-46/h9-24,43-44H,3-8,25-26H2,1-2H3. The smallest absolute Gasteiger partial charge is 0.130 e. The molecule has 0 saturated heterocycles. The number of aryl methyl sites for hydroxylation is 4. The molecule has 6 aromatic rings. The van der Waals surface area contributed by atoms with Gasteiger partial charge in [-0.25, -0.2) is 8.78 Å². The van der Waals surface area contributed by atoms with Crippen LogP contribution in [0.2, 0.25) is 12.1 Å². The van der Waals surface area contributed by atoms with Crippen LogP contribution in [0.5, 0.6) is 0 Å². The summed E-state index contributed by atoms with van der Waals surface area (Å²) >= 11 is 0. The van der Waals surface area contributed by atoms with Gasteiger partial charge in [0, 0.05) is 32.5 Å². The largest absolute Gasteiger partial charge is 0.462 e. The van der Waals surface area contributed by atoms with E-state index in [1.807, 2.05) is 38.1 Å². The number of allylic oxidation sites excluding steroid dienone is 2. The van der Waals surface area contributed by atoms with Crippen molar-refractivity contribution < 1.29 is 17.6 Å². The van der Waals surface area contributed by atoms with Gasteiger partial charge < -0.3 is 8.83 Å². The highest BCUT2D eigenvalue weighted by atomic mass is 28.2. The lowest BCUT2D eigenvalue weighted by atomic mass is 9.87. The van der Waals surface area contributed by atoms with Crippen molar-refractivity contribution in [3.63, 3.8) is 0 Å². The van der Waals surface area contributed by atoms with Crippen LogP contribution in [0.15, 0.2) is 93.8 Å². The van der Waals surface area contributed by atoms with E-state index in [1.54, 1.807) is 24.3 Å². The Kier molecular flexibility index (Phi) is 7.91. The molecule has 2 radical (unpaired) electrons. The molecule has 4 aliphatic rings. The van der Waals surface area contributed by atoms with Crippen LogP contribution in [-0.4, -0.2) is 9.52 Å². The zero-order valence-electron chi connectivity index (χ0n) is 30.1. The summed E-state index contributed by atoms with van der Waals surface area (Å²) in [6.07, 6.45) is 11.3. The molecule has 2 unspecified atom stereocenters. The average molecular weight is 715 g/mol. The van der Waals surface area contributed by atoms with Gasteiger partial charge in [0.1, 0.15) is 34.7 Å². The molecule has 262 valence electrons. The quantitative estimate of drug-likeness (QED) is 0.147. The second-order valence-electron chi connectivity index (χ2n) is 15.3. The number of halogens is 2. The number of furan rings is 2. The zero-order valence-corrected chi connectivity index (χ0v) is 31.1. The van der Waals surface area contributed by atoms with E-state index in [0.717, 1.165) is 84.8 Å². The molecule has 2 aromatic heterocycles. The van der Waals surface area contributed by atoms with Crippen molar-refractivity contribution in [3.05, 3.63) is 164 Å². The van der Waals surface area contributed by atoms with Gasteiger partial charge in [0.25, 0.3) is 0 Å². The number of benzene rings is 4. The summed E-state index contributed by atoms with van der Waals surface area (Å²) in [5.41, 5.74) is 18.2. The lowest BCUT2D eigenvalue weighted by Crippen LogP contribution is -2.09. The molecule has 2 heterocycles. The Bertz CT molecular complexity index is 2300. The van der Waals surface area contributed by atoms with E-state index in [9.17, 15) is 8.78 Å². The van der Waals surface area contributed by atoms with Crippen LogP contribution in [0.3, 0.4) is 0 Å². The maximum Gasteiger partial charge on any atom is 0.130 e. The van der Waals surface area contributed by atoms with E-state index < -0.39 is 0 Å². The zero-order chi connectivity index (χ0) is 35.8. The molecule has 0 spiro atoms. The Morgan fingerprint density at radius 2 is 1.00 bits per heavy atom. The second kappa shape index (κ2) is 12.8. The van der Waals surface area contributed by atoms with Crippen LogP contribution in [0.25, 0.3) is 45.6 Å². The van der Waals surface area contributed by atoms with E-state index >= 15 is 0 Å². The molecular weight excluding hydrogens is 675 g/mol. The van der Waals surface area contributed by atoms with Crippen molar-refractivity contribution in [2.45, 2.75) is 76.3 Å². The summed E-state index contributed by atoms with van der Waals surface area (Å²) in [4.78, 5) is 0. The van der Waals surface area contributed by atoms with E-state index in [1.165, 1.54) is 66.8 Å². The molecule has 53 heavy (non-hydrogen) atoms. The lowest BCUT2D eigenvalue weighted by Gasteiger charge is -2.22. The van der Waals surface area contributed by atoms with Crippen LogP contribution < -0.4 is 0 Å². The number of rotatable bonds is 8. The monoisotopic (exact) mass is 714 g/mol. The van der Waals surface area contributed by atoms with Crippen molar-refractivity contribution in [3.8, 4) is 22.3 Å². The molecule has 0 amide bonds. The summed E-state index contributed by atoms with van der Waals surface area (Å²) in [6, 6.07) is 29.5. The third-order valence-electron chi connectivity index (χ3n) is 12.1. The lowest BCUT2D eigenvalue weighted by molar-refractivity contribution is 0.518. The predicted molar refractivity (Wildman–Crippen MR) is 211 cm³/mol. The van der Waals surface area contributed by atoms with Gasteiger partial charge in [-0.15, -0.1) is 0 Å². The highest BCUT2D eigenvalue weighted by Crippen LogP contribution is 2.53. The van der Waals surface area contributed by atoms with Gasteiger partial charge >= 0.3 is 0 Å².